The second-order valence-corrected chi connectivity index (χ2v) is 5.26. The molecule has 0 aliphatic carbocycles. The minimum absolute atomic E-state index is 0.0280. The van der Waals surface area contributed by atoms with E-state index >= 15 is 0 Å². The van der Waals surface area contributed by atoms with Crippen LogP contribution in [0.25, 0.3) is 10.9 Å². The van der Waals surface area contributed by atoms with Crippen molar-refractivity contribution in [2.75, 3.05) is 25.0 Å². The Morgan fingerprint density at radius 3 is 2.81 bits per heavy atom. The lowest BCUT2D eigenvalue weighted by molar-refractivity contribution is -0.118. The molecule has 4 heteroatoms. The molecule has 0 bridgehead atoms. The number of pyridine rings is 1. The highest BCUT2D eigenvalue weighted by Crippen LogP contribution is 2.26. The van der Waals surface area contributed by atoms with Crippen molar-refractivity contribution in [1.82, 2.24) is 10.3 Å². The fourth-order valence-corrected chi connectivity index (χ4v) is 2.41. The number of amides is 1. The number of aromatic nitrogens is 1. The Kier molecular flexibility index (Phi) is 5.14. The predicted molar refractivity (Wildman–Crippen MR) is 87.7 cm³/mol. The van der Waals surface area contributed by atoms with Gasteiger partial charge in [0.05, 0.1) is 5.52 Å². The number of rotatable bonds is 6. The minimum atomic E-state index is 0.0280. The number of benzene rings is 1. The van der Waals surface area contributed by atoms with E-state index in [9.17, 15) is 4.79 Å². The van der Waals surface area contributed by atoms with Gasteiger partial charge in [0.2, 0.25) is 5.91 Å². The number of carbonyl (C=O) groups excluding carboxylic acids is 1. The summed E-state index contributed by atoms with van der Waals surface area (Å²) >= 11 is 0. The molecule has 1 heterocycles. The summed E-state index contributed by atoms with van der Waals surface area (Å²) in [7, 11) is 2.09. The molecule has 4 nitrogen and oxygen atoms in total. The maximum Gasteiger partial charge on any atom is 0.216 e. The average Bonchev–Trinajstić information content (AvgIpc) is 2.50. The van der Waals surface area contributed by atoms with E-state index in [4.69, 9.17) is 0 Å². The summed E-state index contributed by atoms with van der Waals surface area (Å²) in [5.41, 5.74) is 3.36. The number of hydrogen-bond acceptors (Lipinski definition) is 3. The molecule has 112 valence electrons. The van der Waals surface area contributed by atoms with Crippen molar-refractivity contribution in [3.63, 3.8) is 0 Å². The summed E-state index contributed by atoms with van der Waals surface area (Å²) in [5.74, 6) is 0.0280. The van der Waals surface area contributed by atoms with Crippen LogP contribution in [0.2, 0.25) is 0 Å². The van der Waals surface area contributed by atoms with E-state index in [1.807, 2.05) is 12.1 Å². The molecule has 0 radical (unpaired) electrons. The molecule has 21 heavy (non-hydrogen) atoms. The van der Waals surface area contributed by atoms with Crippen LogP contribution in [-0.2, 0) is 11.2 Å². The Hall–Kier alpha value is -2.10. The van der Waals surface area contributed by atoms with Crippen LogP contribution in [0.4, 0.5) is 5.69 Å². The third-order valence-electron chi connectivity index (χ3n) is 3.57. The van der Waals surface area contributed by atoms with E-state index in [2.05, 4.69) is 47.4 Å². The van der Waals surface area contributed by atoms with Crippen LogP contribution in [0.15, 0.2) is 30.3 Å². The highest BCUT2D eigenvalue weighted by Gasteiger charge is 2.08. The van der Waals surface area contributed by atoms with Gasteiger partial charge in [0, 0.05) is 43.8 Å². The summed E-state index contributed by atoms with van der Waals surface area (Å²) in [4.78, 5) is 17.8. The standard InChI is InChI=1S/C17H23N3O/c1-4-14-12-17(15-8-5-6-9-16(15)19-14)20(3)11-7-10-18-13(2)21/h5-6,8-9,12H,4,7,10-11H2,1-3H3,(H,18,21). The van der Waals surface area contributed by atoms with Gasteiger partial charge in [-0.1, -0.05) is 25.1 Å². The summed E-state index contributed by atoms with van der Waals surface area (Å²) in [6.45, 7) is 5.28. The smallest absolute Gasteiger partial charge is 0.216 e. The van der Waals surface area contributed by atoms with E-state index in [-0.39, 0.29) is 5.91 Å². The number of fused-ring (bicyclic) bond motifs is 1. The molecule has 2 aromatic rings. The second-order valence-electron chi connectivity index (χ2n) is 5.26. The maximum atomic E-state index is 10.9. The molecule has 0 aliphatic heterocycles. The van der Waals surface area contributed by atoms with Gasteiger partial charge in [-0.25, -0.2) is 0 Å². The Morgan fingerprint density at radius 1 is 1.33 bits per heavy atom. The van der Waals surface area contributed by atoms with Crippen LogP contribution < -0.4 is 10.2 Å². The van der Waals surface area contributed by atoms with Crippen LogP contribution in [0.5, 0.6) is 0 Å². The molecule has 1 aromatic heterocycles. The maximum absolute atomic E-state index is 10.9. The Bertz CT molecular complexity index is 624. The first kappa shape index (κ1) is 15.3. The van der Waals surface area contributed by atoms with Gasteiger partial charge in [0.25, 0.3) is 0 Å². The van der Waals surface area contributed by atoms with Gasteiger partial charge >= 0.3 is 0 Å². The van der Waals surface area contributed by atoms with Gasteiger partial charge in [-0.15, -0.1) is 0 Å². The largest absolute Gasteiger partial charge is 0.374 e. The zero-order valence-electron chi connectivity index (χ0n) is 13.0. The van der Waals surface area contributed by atoms with Crippen LogP contribution in [-0.4, -0.2) is 31.0 Å². The molecule has 1 aromatic carbocycles. The zero-order chi connectivity index (χ0) is 15.2. The number of anilines is 1. The van der Waals surface area contributed by atoms with Gasteiger partial charge < -0.3 is 10.2 Å². The summed E-state index contributed by atoms with van der Waals surface area (Å²) < 4.78 is 0. The van der Waals surface area contributed by atoms with E-state index in [1.165, 1.54) is 11.1 Å². The summed E-state index contributed by atoms with van der Waals surface area (Å²) in [6, 6.07) is 10.4. The number of aryl methyl sites for hydroxylation is 1. The summed E-state index contributed by atoms with van der Waals surface area (Å²) in [6.07, 6.45) is 1.85. The molecule has 0 atom stereocenters. The molecular formula is C17H23N3O. The van der Waals surface area contributed by atoms with Crippen molar-refractivity contribution < 1.29 is 4.79 Å². The number of carbonyl (C=O) groups is 1. The lowest BCUT2D eigenvalue weighted by Gasteiger charge is -2.22. The van der Waals surface area contributed by atoms with E-state index in [0.717, 1.165) is 30.6 Å². The van der Waals surface area contributed by atoms with Crippen molar-refractivity contribution in [3.05, 3.63) is 36.0 Å². The highest BCUT2D eigenvalue weighted by atomic mass is 16.1. The first-order valence-electron chi connectivity index (χ1n) is 7.46. The zero-order valence-corrected chi connectivity index (χ0v) is 13.0. The monoisotopic (exact) mass is 285 g/mol. The molecule has 1 amide bonds. The minimum Gasteiger partial charge on any atom is -0.374 e. The molecule has 0 saturated heterocycles. The first-order valence-corrected chi connectivity index (χ1v) is 7.46. The van der Waals surface area contributed by atoms with E-state index in [0.29, 0.717) is 6.54 Å². The number of para-hydroxylation sites is 1. The first-order chi connectivity index (χ1) is 10.1. The lowest BCUT2D eigenvalue weighted by Crippen LogP contribution is -2.26. The summed E-state index contributed by atoms with van der Waals surface area (Å²) in [5, 5.41) is 4.01. The molecule has 1 N–H and O–H groups in total. The number of hydrogen-bond donors (Lipinski definition) is 1. The number of nitrogens with one attached hydrogen (secondary N) is 1. The van der Waals surface area contributed by atoms with Crippen LogP contribution in [0.1, 0.15) is 26.0 Å². The average molecular weight is 285 g/mol. The van der Waals surface area contributed by atoms with Gasteiger partial charge in [-0.2, -0.15) is 0 Å². The fraction of sp³-hybridized carbons (Fsp3) is 0.412. The van der Waals surface area contributed by atoms with E-state index < -0.39 is 0 Å². The van der Waals surface area contributed by atoms with Crippen molar-refractivity contribution in [2.24, 2.45) is 0 Å². The molecule has 0 saturated carbocycles. The van der Waals surface area contributed by atoms with E-state index in [1.54, 1.807) is 6.92 Å². The van der Waals surface area contributed by atoms with Gasteiger partial charge in [0.15, 0.2) is 0 Å². The fourth-order valence-electron chi connectivity index (χ4n) is 2.41. The Morgan fingerprint density at radius 2 is 2.10 bits per heavy atom. The predicted octanol–water partition coefficient (Wildman–Crippen LogP) is 2.76. The molecule has 0 aliphatic rings. The molecule has 2 rings (SSSR count). The normalized spacial score (nSPS) is 10.6. The van der Waals surface area contributed by atoms with Gasteiger partial charge in [0.1, 0.15) is 0 Å². The second kappa shape index (κ2) is 7.07. The molecule has 0 fully saturated rings. The van der Waals surface area contributed by atoms with Crippen molar-refractivity contribution in [1.29, 1.82) is 0 Å². The highest BCUT2D eigenvalue weighted by molar-refractivity contribution is 5.91. The third-order valence-corrected chi connectivity index (χ3v) is 3.57. The Balaban J connectivity index is 2.17. The van der Waals surface area contributed by atoms with Crippen LogP contribution >= 0.6 is 0 Å². The number of nitrogens with zero attached hydrogens (tertiary/aromatic N) is 2. The van der Waals surface area contributed by atoms with Crippen LogP contribution in [0, 0.1) is 0 Å². The molecular weight excluding hydrogens is 262 g/mol. The van der Waals surface area contributed by atoms with Crippen molar-refractivity contribution in [3.8, 4) is 0 Å². The lowest BCUT2D eigenvalue weighted by atomic mass is 10.1. The van der Waals surface area contributed by atoms with Crippen LogP contribution in [0.3, 0.4) is 0 Å². The van der Waals surface area contributed by atoms with Gasteiger partial charge in [-0.3, -0.25) is 9.78 Å². The Labute approximate surface area is 126 Å². The topological polar surface area (TPSA) is 45.2 Å². The quantitative estimate of drug-likeness (QED) is 0.830. The SMILES string of the molecule is CCc1cc(N(C)CCCNC(C)=O)c2ccccc2n1. The van der Waals surface area contributed by atoms with Gasteiger partial charge in [-0.05, 0) is 25.0 Å². The molecule has 0 unspecified atom stereocenters. The third kappa shape index (κ3) is 3.94. The van der Waals surface area contributed by atoms with Crippen molar-refractivity contribution in [2.45, 2.75) is 26.7 Å². The molecule has 0 spiro atoms. The van der Waals surface area contributed by atoms with Crippen molar-refractivity contribution >= 4 is 22.5 Å².